The molecule has 3 rings (SSSR count). The Balaban J connectivity index is 1.75. The van der Waals surface area contributed by atoms with Gasteiger partial charge >= 0.3 is 0 Å². The lowest BCUT2D eigenvalue weighted by molar-refractivity contribution is 0.993. The number of hydrogen-bond acceptors (Lipinski definition) is 8. The molecule has 0 unspecified atom stereocenters. The van der Waals surface area contributed by atoms with Crippen molar-refractivity contribution in [1.82, 2.24) is 20.2 Å². The van der Waals surface area contributed by atoms with Gasteiger partial charge in [0.25, 0.3) is 0 Å². The minimum absolute atomic E-state index is 0.288. The molecule has 0 saturated carbocycles. The van der Waals surface area contributed by atoms with Gasteiger partial charge in [0.2, 0.25) is 5.13 Å². The molecule has 2 aromatic heterocycles. The summed E-state index contributed by atoms with van der Waals surface area (Å²) in [5.41, 5.74) is 2.42. The summed E-state index contributed by atoms with van der Waals surface area (Å²) < 4.78 is 0.701. The fourth-order valence-corrected chi connectivity index (χ4v) is 3.40. The molecule has 0 aliphatic rings. The zero-order valence-corrected chi connectivity index (χ0v) is 13.1. The van der Waals surface area contributed by atoms with E-state index in [1.807, 2.05) is 37.3 Å². The first kappa shape index (κ1) is 14.4. The number of aryl methyl sites for hydroxylation is 1. The summed E-state index contributed by atoms with van der Waals surface area (Å²) in [7, 11) is 0. The molecule has 0 aliphatic carbocycles. The number of rotatable bonds is 4. The molecule has 2 heterocycles. The van der Waals surface area contributed by atoms with Gasteiger partial charge in [-0.25, -0.2) is 9.97 Å². The van der Waals surface area contributed by atoms with Gasteiger partial charge in [-0.3, -0.25) is 0 Å². The highest BCUT2D eigenvalue weighted by atomic mass is 32.2. The summed E-state index contributed by atoms with van der Waals surface area (Å²) in [6.07, 6.45) is 3.05. The maximum absolute atomic E-state index is 9.01. The Labute approximate surface area is 135 Å². The number of anilines is 2. The Morgan fingerprint density at radius 1 is 1.23 bits per heavy atom. The van der Waals surface area contributed by atoms with Gasteiger partial charge < -0.3 is 5.32 Å². The van der Waals surface area contributed by atoms with E-state index in [2.05, 4.69) is 25.5 Å². The average Bonchev–Trinajstić information content (AvgIpc) is 2.95. The number of benzene rings is 1. The first-order valence-electron chi connectivity index (χ1n) is 6.31. The molecule has 0 saturated heterocycles. The Hall–Kier alpha value is -2.50. The van der Waals surface area contributed by atoms with Gasteiger partial charge in [0.1, 0.15) is 11.1 Å². The average molecular weight is 326 g/mol. The summed E-state index contributed by atoms with van der Waals surface area (Å²) in [5, 5.41) is 21.6. The van der Waals surface area contributed by atoms with E-state index in [1.54, 1.807) is 6.20 Å². The summed E-state index contributed by atoms with van der Waals surface area (Å²) in [6.45, 7) is 2.03. The predicted octanol–water partition coefficient (Wildman–Crippen LogP) is 3.40. The van der Waals surface area contributed by atoms with Gasteiger partial charge in [0.05, 0.1) is 0 Å². The first-order valence-corrected chi connectivity index (χ1v) is 7.94. The first-order chi connectivity index (χ1) is 10.7. The number of aromatic nitrogens is 4. The van der Waals surface area contributed by atoms with Gasteiger partial charge in [-0.05, 0) is 36.4 Å². The minimum atomic E-state index is 0.288. The standard InChI is InChI=1S/C14H10N6S2/c1-9-3-2-4-10(7-9)18-13-19-20-14(22-13)21-12-11(8-15)16-5-6-17-12/h2-7H,1H3,(H,18,19). The van der Waals surface area contributed by atoms with Crippen molar-refractivity contribution in [3.63, 3.8) is 0 Å². The summed E-state index contributed by atoms with van der Waals surface area (Å²) in [6, 6.07) is 10.0. The van der Waals surface area contributed by atoms with E-state index in [-0.39, 0.29) is 5.69 Å². The Bertz CT molecular complexity index is 839. The number of nitrogens with one attached hydrogen (secondary N) is 1. The topological polar surface area (TPSA) is 87.4 Å². The van der Waals surface area contributed by atoms with Crippen LogP contribution >= 0.6 is 23.1 Å². The highest BCUT2D eigenvalue weighted by Gasteiger charge is 2.11. The summed E-state index contributed by atoms with van der Waals surface area (Å²) in [4.78, 5) is 8.12. The Kier molecular flexibility index (Phi) is 4.27. The van der Waals surface area contributed by atoms with Crippen LogP contribution in [0.2, 0.25) is 0 Å². The minimum Gasteiger partial charge on any atom is -0.330 e. The van der Waals surface area contributed by atoms with Gasteiger partial charge in [0.15, 0.2) is 10.0 Å². The second-order valence-corrected chi connectivity index (χ2v) is 6.51. The fourth-order valence-electron chi connectivity index (χ4n) is 1.71. The third kappa shape index (κ3) is 3.39. The fraction of sp³-hybridized carbons (Fsp3) is 0.0714. The van der Waals surface area contributed by atoms with Gasteiger partial charge in [-0.2, -0.15) is 5.26 Å². The van der Waals surface area contributed by atoms with Gasteiger partial charge in [0, 0.05) is 18.1 Å². The summed E-state index contributed by atoms with van der Waals surface area (Å²) >= 11 is 2.68. The highest BCUT2D eigenvalue weighted by molar-refractivity contribution is 8.01. The molecule has 8 heteroatoms. The molecule has 0 aliphatic heterocycles. The Morgan fingerprint density at radius 3 is 2.91 bits per heavy atom. The second kappa shape index (κ2) is 6.51. The van der Waals surface area contributed by atoms with Crippen molar-refractivity contribution in [3.8, 4) is 6.07 Å². The highest BCUT2D eigenvalue weighted by Crippen LogP contribution is 2.32. The van der Waals surface area contributed by atoms with E-state index in [1.165, 1.54) is 34.9 Å². The number of hydrogen-bond donors (Lipinski definition) is 1. The van der Waals surface area contributed by atoms with Crippen LogP contribution in [0.4, 0.5) is 10.8 Å². The third-order valence-corrected chi connectivity index (χ3v) is 4.51. The van der Waals surface area contributed by atoms with E-state index in [0.717, 1.165) is 5.69 Å². The zero-order valence-electron chi connectivity index (χ0n) is 11.5. The van der Waals surface area contributed by atoms with Crippen LogP contribution in [-0.2, 0) is 0 Å². The maximum atomic E-state index is 9.01. The smallest absolute Gasteiger partial charge is 0.210 e. The molecule has 0 radical (unpaired) electrons. The molecular formula is C14H10N6S2. The normalized spacial score (nSPS) is 10.2. The molecule has 108 valence electrons. The number of nitrogens with zero attached hydrogens (tertiary/aromatic N) is 5. The molecule has 0 atom stereocenters. The van der Waals surface area contributed by atoms with E-state index in [9.17, 15) is 0 Å². The molecule has 0 bridgehead atoms. The SMILES string of the molecule is Cc1cccc(Nc2nnc(Sc3nccnc3C#N)s2)c1. The van der Waals surface area contributed by atoms with Crippen LogP contribution in [-0.4, -0.2) is 20.2 Å². The summed E-state index contributed by atoms with van der Waals surface area (Å²) in [5.74, 6) is 0. The van der Waals surface area contributed by atoms with Crippen LogP contribution in [0.1, 0.15) is 11.3 Å². The lowest BCUT2D eigenvalue weighted by Gasteiger charge is -2.01. The van der Waals surface area contributed by atoms with Crippen molar-refractivity contribution < 1.29 is 0 Å². The van der Waals surface area contributed by atoms with E-state index >= 15 is 0 Å². The maximum Gasteiger partial charge on any atom is 0.210 e. The zero-order chi connectivity index (χ0) is 15.4. The van der Waals surface area contributed by atoms with Crippen molar-refractivity contribution in [2.45, 2.75) is 16.3 Å². The molecule has 3 aromatic rings. The van der Waals surface area contributed by atoms with Crippen molar-refractivity contribution in [2.75, 3.05) is 5.32 Å². The Morgan fingerprint density at radius 2 is 2.09 bits per heavy atom. The molecule has 1 N–H and O–H groups in total. The van der Waals surface area contributed by atoms with Crippen LogP contribution in [0.5, 0.6) is 0 Å². The molecule has 0 amide bonds. The van der Waals surface area contributed by atoms with Crippen molar-refractivity contribution in [2.24, 2.45) is 0 Å². The molecular weight excluding hydrogens is 316 g/mol. The van der Waals surface area contributed by atoms with E-state index < -0.39 is 0 Å². The van der Waals surface area contributed by atoms with Crippen molar-refractivity contribution in [1.29, 1.82) is 5.26 Å². The van der Waals surface area contributed by atoms with E-state index in [4.69, 9.17) is 5.26 Å². The predicted molar refractivity (Wildman–Crippen MR) is 85.2 cm³/mol. The second-order valence-electron chi connectivity index (χ2n) is 4.29. The van der Waals surface area contributed by atoms with Crippen LogP contribution < -0.4 is 5.32 Å². The van der Waals surface area contributed by atoms with Gasteiger partial charge in [-0.15, -0.1) is 10.2 Å². The van der Waals surface area contributed by atoms with Gasteiger partial charge in [-0.1, -0.05) is 23.5 Å². The van der Waals surface area contributed by atoms with Crippen molar-refractivity contribution >= 4 is 33.9 Å². The number of nitriles is 1. The molecule has 0 fully saturated rings. The van der Waals surface area contributed by atoms with Crippen LogP contribution in [0, 0.1) is 18.3 Å². The largest absolute Gasteiger partial charge is 0.330 e. The van der Waals surface area contributed by atoms with Crippen LogP contribution in [0.15, 0.2) is 46.0 Å². The lowest BCUT2D eigenvalue weighted by Crippen LogP contribution is -1.89. The molecule has 1 aromatic carbocycles. The quantitative estimate of drug-likeness (QED) is 0.786. The third-order valence-electron chi connectivity index (χ3n) is 2.63. The van der Waals surface area contributed by atoms with E-state index in [0.29, 0.717) is 14.5 Å². The van der Waals surface area contributed by atoms with Crippen molar-refractivity contribution in [3.05, 3.63) is 47.9 Å². The lowest BCUT2D eigenvalue weighted by atomic mass is 10.2. The van der Waals surface area contributed by atoms with Crippen LogP contribution in [0.3, 0.4) is 0 Å². The van der Waals surface area contributed by atoms with Crippen LogP contribution in [0.25, 0.3) is 0 Å². The molecule has 0 spiro atoms. The molecule has 6 nitrogen and oxygen atoms in total. The molecule has 22 heavy (non-hydrogen) atoms. The monoisotopic (exact) mass is 326 g/mol.